The Balaban J connectivity index is 3.19. The molecule has 1 rings (SSSR count). The minimum atomic E-state index is -4.83. The van der Waals surface area contributed by atoms with E-state index in [0.29, 0.717) is 0 Å². The summed E-state index contributed by atoms with van der Waals surface area (Å²) in [5, 5.41) is 0. The summed E-state index contributed by atoms with van der Waals surface area (Å²) in [4.78, 5) is 2.68. The normalized spacial score (nSPS) is 11.8. The lowest BCUT2D eigenvalue weighted by Gasteiger charge is -2.05. The highest BCUT2D eigenvalue weighted by Gasteiger charge is 2.34. The number of rotatable bonds is 0. The molecule has 0 N–H and O–H groups in total. The van der Waals surface area contributed by atoms with Gasteiger partial charge in [-0.15, -0.1) is 0 Å². The molecule has 0 saturated carbocycles. The van der Waals surface area contributed by atoms with Crippen LogP contribution in [-0.4, -0.2) is 4.98 Å². The van der Waals surface area contributed by atoms with E-state index in [2.05, 4.69) is 4.98 Å². The fourth-order valence-electron chi connectivity index (χ4n) is 0.616. The average molecular weight is 183 g/mol. The number of pyridine rings is 1. The van der Waals surface area contributed by atoms with Crippen molar-refractivity contribution in [3.63, 3.8) is 0 Å². The van der Waals surface area contributed by atoms with Crippen LogP contribution in [0.1, 0.15) is 5.56 Å². The van der Waals surface area contributed by atoms with Crippen molar-refractivity contribution in [2.24, 2.45) is 0 Å². The number of nitrogens with zero attached hydrogens (tertiary/aromatic N) is 1. The first kappa shape index (κ1) is 8.89. The van der Waals surface area contributed by atoms with Crippen LogP contribution in [0.25, 0.3) is 0 Å². The van der Waals surface area contributed by atoms with Crippen molar-refractivity contribution in [3.05, 3.63) is 29.6 Å². The molecule has 0 aliphatic carbocycles. The van der Waals surface area contributed by atoms with Gasteiger partial charge in [-0.25, -0.2) is 9.37 Å². The molecule has 1 heterocycles. The third-order valence-corrected chi connectivity index (χ3v) is 1.13. The van der Waals surface area contributed by atoms with Gasteiger partial charge in [0.2, 0.25) is 5.95 Å². The summed E-state index contributed by atoms with van der Waals surface area (Å²) in [6.07, 6.45) is -4.71. The van der Waals surface area contributed by atoms with Gasteiger partial charge in [-0.1, -0.05) is 0 Å². The summed E-state index contributed by atoms with van der Waals surface area (Å²) < 4.78 is 59.7. The van der Waals surface area contributed by atoms with Crippen molar-refractivity contribution < 1.29 is 22.0 Å². The smallest absolute Gasteiger partial charge is 0.228 e. The Bertz CT molecular complexity index is 292. The number of halogens is 5. The third kappa shape index (κ3) is 1.69. The summed E-state index contributed by atoms with van der Waals surface area (Å²) in [6.45, 7) is 0. The second-order valence-corrected chi connectivity index (χ2v) is 1.98. The quantitative estimate of drug-likeness (QED) is 0.444. The van der Waals surface area contributed by atoms with Crippen LogP contribution in [-0.2, 0) is 6.18 Å². The number of hydrogen-bond donors (Lipinski definition) is 0. The van der Waals surface area contributed by atoms with Gasteiger partial charge in [0.25, 0.3) is 0 Å². The van der Waals surface area contributed by atoms with Crippen LogP contribution in [0.3, 0.4) is 0 Å². The van der Waals surface area contributed by atoms with Gasteiger partial charge in [0, 0.05) is 12.3 Å². The Kier molecular flexibility index (Phi) is 1.99. The molecule has 1 aromatic heterocycles. The molecule has 0 atom stereocenters. The first-order valence-electron chi connectivity index (χ1n) is 2.79. The molecule has 66 valence electrons. The van der Waals surface area contributed by atoms with Crippen molar-refractivity contribution in [1.29, 1.82) is 0 Å². The molecule has 0 aliphatic rings. The maximum absolute atomic E-state index is 12.3. The van der Waals surface area contributed by atoms with E-state index in [-0.39, 0.29) is 12.3 Å². The van der Waals surface area contributed by atoms with Gasteiger partial charge < -0.3 is 0 Å². The van der Waals surface area contributed by atoms with E-state index < -0.39 is 23.5 Å². The largest absolute Gasteiger partial charge is 0.420 e. The number of alkyl halides is 3. The minimum absolute atomic E-state index is 0.0861. The molecule has 1 nitrogen and oxygen atoms in total. The second kappa shape index (κ2) is 2.69. The van der Waals surface area contributed by atoms with Crippen molar-refractivity contribution in [3.8, 4) is 0 Å². The topological polar surface area (TPSA) is 12.9 Å². The molecular formula is C6H2F5N. The van der Waals surface area contributed by atoms with Crippen LogP contribution in [0.5, 0.6) is 0 Å². The summed E-state index contributed by atoms with van der Waals surface area (Å²) >= 11 is 0. The van der Waals surface area contributed by atoms with Crippen LogP contribution in [0.2, 0.25) is 0 Å². The first-order chi connectivity index (χ1) is 5.41. The summed E-state index contributed by atoms with van der Waals surface area (Å²) in [5.74, 6) is -2.93. The van der Waals surface area contributed by atoms with Crippen LogP contribution < -0.4 is 0 Å². The monoisotopic (exact) mass is 183 g/mol. The maximum Gasteiger partial charge on any atom is 0.420 e. The number of aromatic nitrogens is 1. The molecule has 0 amide bonds. The van der Waals surface area contributed by atoms with Crippen LogP contribution in [0, 0.1) is 11.8 Å². The SMILES string of the molecule is Fc1cc(F)c(C(F)(F)F)cn1. The van der Waals surface area contributed by atoms with Gasteiger partial charge in [0.1, 0.15) is 11.4 Å². The highest BCUT2D eigenvalue weighted by molar-refractivity contribution is 5.15. The molecule has 6 heteroatoms. The van der Waals surface area contributed by atoms with E-state index in [1.54, 1.807) is 0 Å². The Morgan fingerprint density at radius 1 is 1.17 bits per heavy atom. The fraction of sp³-hybridized carbons (Fsp3) is 0.167. The highest BCUT2D eigenvalue weighted by Crippen LogP contribution is 2.30. The van der Waals surface area contributed by atoms with E-state index in [4.69, 9.17) is 0 Å². The standard InChI is InChI=1S/C6H2F5N/c7-4-1-5(8)12-2-3(4)6(9,10)11/h1-2H. The van der Waals surface area contributed by atoms with Gasteiger partial charge in [-0.3, -0.25) is 0 Å². The second-order valence-electron chi connectivity index (χ2n) is 1.98. The molecule has 12 heavy (non-hydrogen) atoms. The summed E-state index contributed by atoms with van der Waals surface area (Å²) in [5.41, 5.74) is -1.57. The average Bonchev–Trinajstić information content (AvgIpc) is 1.83. The highest BCUT2D eigenvalue weighted by atomic mass is 19.4. The summed E-state index contributed by atoms with van der Waals surface area (Å²) in [7, 11) is 0. The zero-order valence-electron chi connectivity index (χ0n) is 5.49. The van der Waals surface area contributed by atoms with E-state index in [1.165, 1.54) is 0 Å². The molecule has 0 unspecified atom stereocenters. The van der Waals surface area contributed by atoms with E-state index in [1.807, 2.05) is 0 Å². The van der Waals surface area contributed by atoms with E-state index in [0.717, 1.165) is 0 Å². The van der Waals surface area contributed by atoms with Crippen LogP contribution in [0.15, 0.2) is 12.3 Å². The van der Waals surface area contributed by atoms with Crippen LogP contribution in [0.4, 0.5) is 22.0 Å². The van der Waals surface area contributed by atoms with Crippen LogP contribution >= 0.6 is 0 Å². The Hall–Kier alpha value is -1.20. The van der Waals surface area contributed by atoms with Gasteiger partial charge in [-0.2, -0.15) is 17.6 Å². The molecule has 1 aromatic rings. The summed E-state index contributed by atoms with van der Waals surface area (Å²) in [6, 6.07) is 0.0861. The minimum Gasteiger partial charge on any atom is -0.228 e. The lowest BCUT2D eigenvalue weighted by molar-refractivity contribution is -0.140. The molecule has 0 saturated heterocycles. The lowest BCUT2D eigenvalue weighted by atomic mass is 10.2. The predicted molar refractivity (Wildman–Crippen MR) is 29.2 cm³/mol. The molecule has 0 spiro atoms. The first-order valence-corrected chi connectivity index (χ1v) is 2.79. The number of hydrogen-bond acceptors (Lipinski definition) is 1. The zero-order chi connectivity index (χ0) is 9.35. The Morgan fingerprint density at radius 3 is 2.17 bits per heavy atom. The van der Waals surface area contributed by atoms with Crippen molar-refractivity contribution in [1.82, 2.24) is 4.98 Å². The van der Waals surface area contributed by atoms with E-state index >= 15 is 0 Å². The van der Waals surface area contributed by atoms with Gasteiger partial charge in [0.15, 0.2) is 0 Å². The van der Waals surface area contributed by atoms with Gasteiger partial charge in [-0.05, 0) is 0 Å². The Labute approximate surface area is 63.8 Å². The van der Waals surface area contributed by atoms with Gasteiger partial charge >= 0.3 is 6.18 Å². The van der Waals surface area contributed by atoms with Crippen molar-refractivity contribution in [2.75, 3.05) is 0 Å². The molecule has 0 aliphatic heterocycles. The molecule has 0 radical (unpaired) electrons. The Morgan fingerprint density at radius 2 is 1.75 bits per heavy atom. The zero-order valence-corrected chi connectivity index (χ0v) is 5.49. The molecule has 0 fully saturated rings. The maximum atomic E-state index is 12.3. The molecule has 0 aromatic carbocycles. The molecular weight excluding hydrogens is 181 g/mol. The fourth-order valence-corrected chi connectivity index (χ4v) is 0.616. The van der Waals surface area contributed by atoms with E-state index in [9.17, 15) is 22.0 Å². The third-order valence-electron chi connectivity index (χ3n) is 1.13. The predicted octanol–water partition coefficient (Wildman–Crippen LogP) is 2.38. The lowest BCUT2D eigenvalue weighted by Crippen LogP contribution is -2.09. The van der Waals surface area contributed by atoms with Crippen molar-refractivity contribution >= 4 is 0 Å². The van der Waals surface area contributed by atoms with Crippen molar-refractivity contribution in [2.45, 2.75) is 6.18 Å². The van der Waals surface area contributed by atoms with Gasteiger partial charge in [0.05, 0.1) is 0 Å². The molecule has 0 bridgehead atoms.